The van der Waals surface area contributed by atoms with Gasteiger partial charge in [0.15, 0.2) is 0 Å². The molecular formula is C29H33ClN2O3. The summed E-state index contributed by atoms with van der Waals surface area (Å²) >= 11 is 6.08. The number of amides is 2. The lowest BCUT2D eigenvalue weighted by Crippen LogP contribution is -2.50. The predicted molar refractivity (Wildman–Crippen MR) is 140 cm³/mol. The van der Waals surface area contributed by atoms with Crippen molar-refractivity contribution < 1.29 is 14.3 Å². The fraction of sp³-hybridized carbons (Fsp3) is 0.310. The van der Waals surface area contributed by atoms with Crippen molar-refractivity contribution in [3.8, 4) is 0 Å². The third-order valence-electron chi connectivity index (χ3n) is 5.83. The standard InChI is InChI=1S/C29H33ClN2O3/c1-35-20-8-19-31-29(34)27(21-24-11-6-3-7-12-24)32(22-25-13-16-26(30)17-14-25)28(33)18-15-23-9-4-2-5-10-23/h2-7,9-14,16-17,27H,8,15,18-22H2,1H3,(H,31,34)/t27-/m0/s1. The summed E-state index contributed by atoms with van der Waals surface area (Å²) in [7, 11) is 1.64. The number of nitrogens with zero attached hydrogens (tertiary/aromatic N) is 1. The number of benzene rings is 3. The van der Waals surface area contributed by atoms with Gasteiger partial charge >= 0.3 is 0 Å². The number of halogens is 1. The van der Waals surface area contributed by atoms with Crippen LogP contribution in [0.5, 0.6) is 0 Å². The number of hydrogen-bond donors (Lipinski definition) is 1. The van der Waals surface area contributed by atoms with Crippen LogP contribution < -0.4 is 5.32 Å². The Balaban J connectivity index is 1.85. The average molecular weight is 493 g/mol. The van der Waals surface area contributed by atoms with Crippen molar-refractivity contribution in [3.05, 3.63) is 107 Å². The highest BCUT2D eigenvalue weighted by Gasteiger charge is 2.30. The van der Waals surface area contributed by atoms with Gasteiger partial charge in [-0.3, -0.25) is 9.59 Å². The average Bonchev–Trinajstić information content (AvgIpc) is 2.89. The first kappa shape index (κ1) is 26.5. The number of carbonyl (C=O) groups excluding carboxylic acids is 2. The lowest BCUT2D eigenvalue weighted by atomic mass is 10.0. The van der Waals surface area contributed by atoms with Crippen LogP contribution in [0.4, 0.5) is 0 Å². The molecule has 0 unspecified atom stereocenters. The Labute approximate surface area is 213 Å². The second kappa shape index (κ2) is 14.3. The van der Waals surface area contributed by atoms with Gasteiger partial charge in [-0.05, 0) is 41.7 Å². The fourth-order valence-electron chi connectivity index (χ4n) is 3.93. The minimum atomic E-state index is -0.640. The highest BCUT2D eigenvalue weighted by atomic mass is 35.5. The zero-order valence-electron chi connectivity index (χ0n) is 20.2. The Bertz CT molecular complexity index is 1040. The summed E-state index contributed by atoms with van der Waals surface area (Å²) in [6.45, 7) is 1.38. The summed E-state index contributed by atoms with van der Waals surface area (Å²) in [5, 5.41) is 3.64. The molecule has 184 valence electrons. The van der Waals surface area contributed by atoms with Crippen LogP contribution in [0, 0.1) is 0 Å². The first-order valence-electron chi connectivity index (χ1n) is 11.9. The minimum Gasteiger partial charge on any atom is -0.385 e. The summed E-state index contributed by atoms with van der Waals surface area (Å²) in [5.74, 6) is -0.219. The lowest BCUT2D eigenvalue weighted by Gasteiger charge is -2.31. The quantitative estimate of drug-likeness (QED) is 0.339. The van der Waals surface area contributed by atoms with Crippen molar-refractivity contribution in [1.82, 2.24) is 10.2 Å². The normalized spacial score (nSPS) is 11.6. The summed E-state index contributed by atoms with van der Waals surface area (Å²) in [4.78, 5) is 28.7. The van der Waals surface area contributed by atoms with Gasteiger partial charge in [0.1, 0.15) is 6.04 Å². The predicted octanol–water partition coefficient (Wildman–Crippen LogP) is 5.07. The fourth-order valence-corrected chi connectivity index (χ4v) is 4.05. The number of nitrogens with one attached hydrogen (secondary N) is 1. The number of rotatable bonds is 13. The van der Waals surface area contributed by atoms with E-state index < -0.39 is 6.04 Å². The Morgan fingerprint density at radius 2 is 1.51 bits per heavy atom. The smallest absolute Gasteiger partial charge is 0.243 e. The molecule has 0 radical (unpaired) electrons. The van der Waals surface area contributed by atoms with E-state index in [9.17, 15) is 9.59 Å². The molecule has 1 atom stereocenters. The van der Waals surface area contributed by atoms with E-state index in [1.54, 1.807) is 24.1 Å². The number of methoxy groups -OCH3 is 1. The minimum absolute atomic E-state index is 0.0585. The van der Waals surface area contributed by atoms with Crippen LogP contribution in [0.1, 0.15) is 29.5 Å². The third-order valence-corrected chi connectivity index (χ3v) is 6.08. The van der Waals surface area contributed by atoms with Gasteiger partial charge in [-0.2, -0.15) is 0 Å². The van der Waals surface area contributed by atoms with Crippen molar-refractivity contribution in [2.24, 2.45) is 0 Å². The Morgan fingerprint density at radius 1 is 0.886 bits per heavy atom. The van der Waals surface area contributed by atoms with Crippen LogP contribution in [-0.4, -0.2) is 43.0 Å². The van der Waals surface area contributed by atoms with E-state index in [1.807, 2.05) is 72.8 Å². The molecule has 3 aromatic rings. The molecule has 0 aliphatic rings. The molecular weight excluding hydrogens is 460 g/mol. The summed E-state index contributed by atoms with van der Waals surface area (Å²) in [6.07, 6.45) is 2.07. The topological polar surface area (TPSA) is 58.6 Å². The van der Waals surface area contributed by atoms with Gasteiger partial charge in [0, 0.05) is 44.7 Å². The second-order valence-corrected chi connectivity index (χ2v) is 8.91. The maximum absolute atomic E-state index is 13.6. The van der Waals surface area contributed by atoms with Gasteiger partial charge in [0.25, 0.3) is 0 Å². The molecule has 0 heterocycles. The molecule has 0 aromatic heterocycles. The van der Waals surface area contributed by atoms with Crippen LogP contribution in [0.2, 0.25) is 5.02 Å². The van der Waals surface area contributed by atoms with Gasteiger partial charge in [0.2, 0.25) is 11.8 Å². The van der Waals surface area contributed by atoms with Crippen molar-refractivity contribution in [1.29, 1.82) is 0 Å². The second-order valence-electron chi connectivity index (χ2n) is 8.48. The van der Waals surface area contributed by atoms with Crippen molar-refractivity contribution in [3.63, 3.8) is 0 Å². The first-order chi connectivity index (χ1) is 17.1. The summed E-state index contributed by atoms with van der Waals surface area (Å²) < 4.78 is 5.10. The van der Waals surface area contributed by atoms with Crippen LogP contribution in [0.25, 0.3) is 0 Å². The van der Waals surface area contributed by atoms with Crippen LogP contribution >= 0.6 is 11.6 Å². The van der Waals surface area contributed by atoms with Crippen molar-refractivity contribution >= 4 is 23.4 Å². The van der Waals surface area contributed by atoms with Crippen LogP contribution in [0.15, 0.2) is 84.9 Å². The van der Waals surface area contributed by atoms with E-state index in [0.717, 1.165) is 16.7 Å². The lowest BCUT2D eigenvalue weighted by molar-refractivity contribution is -0.141. The van der Waals surface area contributed by atoms with Crippen LogP contribution in [-0.2, 0) is 33.7 Å². The summed E-state index contributed by atoms with van der Waals surface area (Å²) in [6, 6.07) is 26.5. The summed E-state index contributed by atoms with van der Waals surface area (Å²) in [5.41, 5.74) is 3.02. The van der Waals surface area contributed by atoms with E-state index in [-0.39, 0.29) is 11.8 Å². The van der Waals surface area contributed by atoms with Gasteiger partial charge in [-0.25, -0.2) is 0 Å². The molecule has 6 heteroatoms. The molecule has 0 fully saturated rings. The van der Waals surface area contributed by atoms with Crippen LogP contribution in [0.3, 0.4) is 0 Å². The Hall–Kier alpha value is -3.15. The molecule has 5 nitrogen and oxygen atoms in total. The molecule has 0 aliphatic carbocycles. The maximum atomic E-state index is 13.6. The highest BCUT2D eigenvalue weighted by molar-refractivity contribution is 6.30. The number of aryl methyl sites for hydroxylation is 1. The Kier molecular flexibility index (Phi) is 10.8. The Morgan fingerprint density at radius 3 is 2.14 bits per heavy atom. The van der Waals surface area contributed by atoms with Crippen molar-refractivity contribution in [2.75, 3.05) is 20.3 Å². The van der Waals surface area contributed by atoms with Gasteiger partial charge in [-0.15, -0.1) is 0 Å². The maximum Gasteiger partial charge on any atom is 0.243 e. The molecule has 3 aromatic carbocycles. The zero-order chi connectivity index (χ0) is 24.9. The van der Waals surface area contributed by atoms with E-state index in [0.29, 0.717) is 50.4 Å². The third kappa shape index (κ3) is 8.85. The van der Waals surface area contributed by atoms with E-state index in [4.69, 9.17) is 16.3 Å². The molecule has 0 bridgehead atoms. The number of carbonyl (C=O) groups is 2. The molecule has 35 heavy (non-hydrogen) atoms. The van der Waals surface area contributed by atoms with Gasteiger partial charge in [0.05, 0.1) is 0 Å². The van der Waals surface area contributed by atoms with E-state index in [2.05, 4.69) is 5.32 Å². The molecule has 0 spiro atoms. The largest absolute Gasteiger partial charge is 0.385 e. The number of hydrogen-bond acceptors (Lipinski definition) is 3. The van der Waals surface area contributed by atoms with Gasteiger partial charge < -0.3 is 15.0 Å². The molecule has 3 rings (SSSR count). The van der Waals surface area contributed by atoms with E-state index >= 15 is 0 Å². The first-order valence-corrected chi connectivity index (χ1v) is 12.3. The highest BCUT2D eigenvalue weighted by Crippen LogP contribution is 2.18. The zero-order valence-corrected chi connectivity index (χ0v) is 20.9. The van der Waals surface area contributed by atoms with E-state index in [1.165, 1.54) is 0 Å². The van der Waals surface area contributed by atoms with Gasteiger partial charge in [-0.1, -0.05) is 84.4 Å². The molecule has 0 saturated heterocycles. The van der Waals surface area contributed by atoms with Crippen molar-refractivity contribution in [2.45, 2.75) is 38.3 Å². The number of ether oxygens (including phenoxy) is 1. The molecule has 0 aliphatic heterocycles. The molecule has 1 N–H and O–H groups in total. The molecule has 0 saturated carbocycles. The monoisotopic (exact) mass is 492 g/mol. The SMILES string of the molecule is COCCCNC(=O)[C@H](Cc1ccccc1)N(Cc1ccc(Cl)cc1)C(=O)CCc1ccccc1. The molecule has 2 amide bonds.